The Morgan fingerprint density at radius 1 is 0.194 bits per heavy atom. The zero-order valence-corrected chi connectivity index (χ0v) is 36.5. The lowest BCUT2D eigenvalue weighted by atomic mass is 9.85. The molecule has 1 heterocycles. The standard InChI is InChI=1S/C66H40O/c1-2-14-41(15-3-1)42-28-32-45(33-29-42)63-54-20-8-10-22-56(54)64(57-23-11-9-21-55(57)63)46-34-30-44(31-35-46)47-24-12-25-51-52(47)38-39-53-49-18-6-7-19-50(49)62(40-61(51)53)59-27-13-26-58-60-37-36-43-16-4-5-17-48(43)65(60)67-66(58)59/h1-40H. The molecule has 13 aromatic carbocycles. The number of furan rings is 1. The molecule has 0 amide bonds. The molecular weight excluding hydrogens is 809 g/mol. The Morgan fingerprint density at radius 2 is 0.612 bits per heavy atom. The summed E-state index contributed by atoms with van der Waals surface area (Å²) in [5.41, 5.74) is 14.0. The van der Waals surface area contributed by atoms with E-state index in [1.165, 1.54) is 109 Å². The van der Waals surface area contributed by atoms with Crippen LogP contribution in [0.2, 0.25) is 0 Å². The van der Waals surface area contributed by atoms with E-state index in [0.29, 0.717) is 0 Å². The topological polar surface area (TPSA) is 13.1 Å². The van der Waals surface area contributed by atoms with E-state index in [1.807, 2.05) is 0 Å². The average Bonchev–Trinajstić information content (AvgIpc) is 3.80. The van der Waals surface area contributed by atoms with Gasteiger partial charge in [0, 0.05) is 21.7 Å². The first-order valence-corrected chi connectivity index (χ1v) is 23.2. The summed E-state index contributed by atoms with van der Waals surface area (Å²) in [6.45, 7) is 0. The molecule has 0 aliphatic carbocycles. The molecule has 0 unspecified atom stereocenters. The smallest absolute Gasteiger partial charge is 0.143 e. The maximum atomic E-state index is 6.91. The van der Waals surface area contributed by atoms with E-state index in [1.54, 1.807) is 0 Å². The van der Waals surface area contributed by atoms with Crippen molar-refractivity contribution in [2.24, 2.45) is 0 Å². The molecule has 0 saturated heterocycles. The van der Waals surface area contributed by atoms with E-state index >= 15 is 0 Å². The molecule has 14 rings (SSSR count). The van der Waals surface area contributed by atoms with Gasteiger partial charge < -0.3 is 4.42 Å². The van der Waals surface area contributed by atoms with Gasteiger partial charge in [-0.3, -0.25) is 0 Å². The minimum Gasteiger partial charge on any atom is -0.455 e. The van der Waals surface area contributed by atoms with Crippen molar-refractivity contribution in [3.63, 3.8) is 0 Å². The molecule has 0 bridgehead atoms. The Morgan fingerprint density at radius 3 is 1.28 bits per heavy atom. The van der Waals surface area contributed by atoms with Gasteiger partial charge in [0.1, 0.15) is 11.2 Å². The van der Waals surface area contributed by atoms with Gasteiger partial charge in [0.05, 0.1) is 0 Å². The summed E-state index contributed by atoms with van der Waals surface area (Å²) in [7, 11) is 0. The van der Waals surface area contributed by atoms with Gasteiger partial charge in [-0.05, 0) is 121 Å². The van der Waals surface area contributed by atoms with Crippen LogP contribution in [-0.2, 0) is 0 Å². The molecule has 1 nitrogen and oxygen atoms in total. The van der Waals surface area contributed by atoms with Gasteiger partial charge in [0.15, 0.2) is 0 Å². The lowest BCUT2D eigenvalue weighted by molar-refractivity contribution is 0.674. The maximum absolute atomic E-state index is 6.91. The van der Waals surface area contributed by atoms with Gasteiger partial charge in [0.25, 0.3) is 0 Å². The molecule has 0 aliphatic heterocycles. The number of benzene rings is 13. The zero-order chi connectivity index (χ0) is 44.0. The second-order valence-electron chi connectivity index (χ2n) is 17.8. The van der Waals surface area contributed by atoms with Gasteiger partial charge in [0.2, 0.25) is 0 Å². The third kappa shape index (κ3) is 5.81. The van der Waals surface area contributed by atoms with E-state index in [9.17, 15) is 0 Å². The van der Waals surface area contributed by atoms with Crippen LogP contribution >= 0.6 is 0 Å². The van der Waals surface area contributed by atoms with Gasteiger partial charge in [-0.1, -0.05) is 231 Å². The predicted molar refractivity (Wildman–Crippen MR) is 286 cm³/mol. The molecule has 0 radical (unpaired) electrons. The van der Waals surface area contributed by atoms with Crippen molar-refractivity contribution in [3.8, 4) is 55.6 Å². The summed E-state index contributed by atoms with van der Waals surface area (Å²) in [6, 6.07) is 89.0. The second-order valence-corrected chi connectivity index (χ2v) is 17.8. The molecule has 0 aliphatic rings. The van der Waals surface area contributed by atoms with E-state index in [0.717, 1.165) is 32.9 Å². The summed E-state index contributed by atoms with van der Waals surface area (Å²) in [4.78, 5) is 0. The minimum absolute atomic E-state index is 0.923. The fraction of sp³-hybridized carbons (Fsp3) is 0. The molecule has 310 valence electrons. The van der Waals surface area contributed by atoms with E-state index in [2.05, 4.69) is 243 Å². The van der Waals surface area contributed by atoms with Crippen molar-refractivity contribution in [3.05, 3.63) is 243 Å². The summed E-state index contributed by atoms with van der Waals surface area (Å²) in [5, 5.41) is 17.0. The lowest BCUT2D eigenvalue weighted by Gasteiger charge is -2.18. The third-order valence-electron chi connectivity index (χ3n) is 14.3. The van der Waals surface area contributed by atoms with Gasteiger partial charge in [-0.15, -0.1) is 0 Å². The van der Waals surface area contributed by atoms with Crippen LogP contribution in [0.3, 0.4) is 0 Å². The molecule has 0 N–H and O–H groups in total. The highest BCUT2D eigenvalue weighted by Gasteiger charge is 2.20. The summed E-state index contributed by atoms with van der Waals surface area (Å²) < 4.78 is 6.91. The summed E-state index contributed by atoms with van der Waals surface area (Å²) in [5.74, 6) is 0. The molecule has 0 spiro atoms. The van der Waals surface area contributed by atoms with Crippen molar-refractivity contribution in [2.45, 2.75) is 0 Å². The molecule has 67 heavy (non-hydrogen) atoms. The maximum Gasteiger partial charge on any atom is 0.143 e. The number of hydrogen-bond donors (Lipinski definition) is 0. The molecule has 1 aromatic heterocycles. The summed E-state index contributed by atoms with van der Waals surface area (Å²) >= 11 is 0. The first kappa shape index (κ1) is 37.6. The van der Waals surface area contributed by atoms with Gasteiger partial charge in [-0.25, -0.2) is 0 Å². The van der Waals surface area contributed by atoms with Crippen molar-refractivity contribution in [1.29, 1.82) is 0 Å². The Labute approximate surface area is 387 Å². The van der Waals surface area contributed by atoms with Crippen LogP contribution in [0.4, 0.5) is 0 Å². The highest BCUT2D eigenvalue weighted by atomic mass is 16.3. The molecule has 14 aromatic rings. The second kappa shape index (κ2) is 14.9. The fourth-order valence-corrected chi connectivity index (χ4v) is 11.2. The Hall–Kier alpha value is -8.78. The van der Waals surface area contributed by atoms with Crippen LogP contribution in [0.15, 0.2) is 247 Å². The third-order valence-corrected chi connectivity index (χ3v) is 14.3. The quantitative estimate of drug-likeness (QED) is 0.124. The van der Waals surface area contributed by atoms with Crippen LogP contribution in [0.5, 0.6) is 0 Å². The van der Waals surface area contributed by atoms with Crippen LogP contribution in [0.25, 0.3) is 142 Å². The van der Waals surface area contributed by atoms with Crippen molar-refractivity contribution < 1.29 is 4.42 Å². The SMILES string of the molecule is c1ccc(-c2ccc(-c3c4ccccc4c(-c4ccc(-c5cccc6c5ccc5c7ccccc7c(-c7cccc8c7oc7c9ccccc9ccc87)cc65)cc4)c4ccccc34)cc2)cc1. The number of hydrogen-bond acceptors (Lipinski definition) is 1. The monoisotopic (exact) mass is 848 g/mol. The van der Waals surface area contributed by atoms with Crippen LogP contribution in [0.1, 0.15) is 0 Å². The molecule has 1 heteroatoms. The van der Waals surface area contributed by atoms with Crippen LogP contribution < -0.4 is 0 Å². The van der Waals surface area contributed by atoms with E-state index in [4.69, 9.17) is 4.42 Å². The Balaban J connectivity index is 0.906. The summed E-state index contributed by atoms with van der Waals surface area (Å²) in [6.07, 6.45) is 0. The first-order chi connectivity index (χ1) is 33.2. The largest absolute Gasteiger partial charge is 0.455 e. The Bertz CT molecular complexity index is 4230. The van der Waals surface area contributed by atoms with Crippen LogP contribution in [-0.4, -0.2) is 0 Å². The molecule has 0 fully saturated rings. The Kier molecular flexibility index (Phi) is 8.35. The number of para-hydroxylation sites is 1. The van der Waals surface area contributed by atoms with Crippen molar-refractivity contribution in [2.75, 3.05) is 0 Å². The van der Waals surface area contributed by atoms with E-state index < -0.39 is 0 Å². The molecule has 0 atom stereocenters. The van der Waals surface area contributed by atoms with Crippen LogP contribution in [0, 0.1) is 0 Å². The molecule has 0 saturated carbocycles. The van der Waals surface area contributed by atoms with Crippen molar-refractivity contribution in [1.82, 2.24) is 0 Å². The first-order valence-electron chi connectivity index (χ1n) is 23.2. The zero-order valence-electron chi connectivity index (χ0n) is 36.5. The normalized spacial score (nSPS) is 11.9. The predicted octanol–water partition coefficient (Wildman–Crippen LogP) is 18.8. The van der Waals surface area contributed by atoms with Gasteiger partial charge in [-0.2, -0.15) is 0 Å². The van der Waals surface area contributed by atoms with Crippen molar-refractivity contribution >= 4 is 86.6 Å². The highest BCUT2D eigenvalue weighted by Crippen LogP contribution is 2.47. The number of rotatable bonds is 5. The number of fused-ring (bicyclic) bond motifs is 12. The van der Waals surface area contributed by atoms with Gasteiger partial charge >= 0.3 is 0 Å². The minimum atomic E-state index is 0.923. The lowest BCUT2D eigenvalue weighted by Crippen LogP contribution is -1.91. The molecular formula is C66H40O. The average molecular weight is 849 g/mol. The fourth-order valence-electron chi connectivity index (χ4n) is 11.2. The highest BCUT2D eigenvalue weighted by molar-refractivity contribution is 6.25. The van der Waals surface area contributed by atoms with E-state index in [-0.39, 0.29) is 0 Å².